The third-order valence-corrected chi connectivity index (χ3v) is 25.0. The maximum absolute atomic E-state index is 14.3. The van der Waals surface area contributed by atoms with Crippen LogP contribution < -0.4 is 47.3 Å². The van der Waals surface area contributed by atoms with Crippen LogP contribution in [0.15, 0.2) is 173 Å². The van der Waals surface area contributed by atoms with Gasteiger partial charge in [0.2, 0.25) is 5.43 Å². The zero-order chi connectivity index (χ0) is 77.6. The van der Waals surface area contributed by atoms with Crippen LogP contribution in [0.25, 0.3) is 21.9 Å². The zero-order valence-electron chi connectivity index (χ0n) is 55.3. The van der Waals surface area contributed by atoms with Crippen LogP contribution in [-0.2, 0) is 22.2 Å². The number of aliphatic imine (C=N–C) groups is 4. The van der Waals surface area contributed by atoms with Crippen molar-refractivity contribution in [2.75, 3.05) is 23.0 Å². The molecule has 38 heteroatoms. The summed E-state index contributed by atoms with van der Waals surface area (Å²) in [5.41, 5.74) is 26.1. The fourth-order valence-corrected chi connectivity index (χ4v) is 19.9. The Hall–Kier alpha value is -6.70. The van der Waals surface area contributed by atoms with Crippen LogP contribution in [0.5, 0.6) is 46.0 Å². The van der Waals surface area contributed by atoms with E-state index in [0.717, 1.165) is 67.6 Å². The van der Waals surface area contributed by atoms with E-state index in [1.807, 2.05) is 48.5 Å². The summed E-state index contributed by atoms with van der Waals surface area (Å²) in [7, 11) is 0. The number of nitrogens with zero attached hydrogens (tertiary/aromatic N) is 9. The molecule has 0 saturated carbocycles. The molecule has 6 aromatic heterocycles. The molecule has 4 atom stereocenters. The molecule has 0 aliphatic carbocycles. The Bertz CT molecular complexity index is 5380. The molecule has 562 valence electrons. The quantitative estimate of drug-likeness (QED) is 0.0623. The maximum atomic E-state index is 14.3. The second kappa shape index (κ2) is 31.2. The maximum Gasteiger partial charge on any atom is 0.258 e. The highest BCUT2D eigenvalue weighted by molar-refractivity contribution is 9.11. The highest BCUT2D eigenvalue weighted by Gasteiger charge is 2.50. The molecule has 0 amide bonds. The van der Waals surface area contributed by atoms with Gasteiger partial charge in [0.1, 0.15) is 76.5 Å². The van der Waals surface area contributed by atoms with Gasteiger partial charge < -0.3 is 46.3 Å². The van der Waals surface area contributed by atoms with E-state index in [2.05, 4.69) is 125 Å². The Kier molecular flexibility index (Phi) is 22.3. The summed E-state index contributed by atoms with van der Waals surface area (Å²) in [5.74, 6) is 1.65. The number of nitrogens with two attached hydrogens (primary N) is 4. The molecule has 0 fully saturated rings. The van der Waals surface area contributed by atoms with E-state index >= 15 is 0 Å². The zero-order valence-corrected chi connectivity index (χ0v) is 70.3. The molecule has 8 N–H and O–H groups in total. The standard InChI is InChI=1S/4C15H10BrClFN3OS.C12H4BrClFNO2/c4*16-7-1-2-10-8(5-7)15(3-4-23-14(19)21-15)9-6-11(17)20-13(18)12(9)22-10;13-5-1-2-8-6(3-5)10(17)7-4-9(14)16-12(15)11(7)18-8/h4*1-2,5-6H,3-4H2,(H2,19,21);1-4H/t2*15-;;;/m10.../s1. The van der Waals surface area contributed by atoms with Gasteiger partial charge in [-0.1, -0.05) is 185 Å². The number of aromatic nitrogens is 5. The van der Waals surface area contributed by atoms with Gasteiger partial charge in [-0.25, -0.2) is 44.9 Å². The Morgan fingerprint density at radius 2 is 0.609 bits per heavy atom. The molecule has 4 spiro atoms. The number of benzene rings is 5. The van der Waals surface area contributed by atoms with E-state index in [4.69, 9.17) is 104 Å². The number of hydrogen-bond donors (Lipinski definition) is 4. The summed E-state index contributed by atoms with van der Waals surface area (Å²) in [6.07, 6.45) is 2.66. The van der Waals surface area contributed by atoms with Crippen LogP contribution in [0.1, 0.15) is 70.2 Å². The van der Waals surface area contributed by atoms with Gasteiger partial charge in [-0.05, 0) is 147 Å². The van der Waals surface area contributed by atoms with Crippen molar-refractivity contribution in [1.29, 1.82) is 0 Å². The second-order valence-corrected chi connectivity index (χ2v) is 35.7. The lowest BCUT2D eigenvalue weighted by Gasteiger charge is -2.39. The average Bonchev–Trinajstić information content (AvgIpc) is 0.736. The molecule has 0 saturated heterocycles. The van der Waals surface area contributed by atoms with Gasteiger partial charge >= 0.3 is 0 Å². The first-order chi connectivity index (χ1) is 52.5. The van der Waals surface area contributed by atoms with Crippen molar-refractivity contribution in [2.24, 2.45) is 42.9 Å². The van der Waals surface area contributed by atoms with E-state index in [-0.39, 0.29) is 65.2 Å². The minimum atomic E-state index is -0.889. The molecular weight excluding hydrogens is 1940 g/mol. The number of rotatable bonds is 0. The number of pyridine rings is 5. The largest absolute Gasteiger partial charge is 0.452 e. The molecule has 19 nitrogen and oxygen atoms in total. The Morgan fingerprint density at radius 3 is 0.900 bits per heavy atom. The molecule has 19 rings (SSSR count). The van der Waals surface area contributed by atoms with E-state index in [1.165, 1.54) is 53.1 Å². The van der Waals surface area contributed by atoms with Gasteiger partial charge in [0, 0.05) is 89.9 Å². The molecule has 11 aromatic rings. The van der Waals surface area contributed by atoms with Crippen molar-refractivity contribution >= 4 is 227 Å². The highest BCUT2D eigenvalue weighted by atomic mass is 79.9. The lowest BCUT2D eigenvalue weighted by Crippen LogP contribution is -2.36. The van der Waals surface area contributed by atoms with Crippen LogP contribution in [0, 0.1) is 29.7 Å². The summed E-state index contributed by atoms with van der Waals surface area (Å²) in [6, 6.07) is 34.8. The molecular formula is C72H44Br5Cl5F5N13O6S4. The number of hydrogen-bond acceptors (Lipinski definition) is 23. The summed E-state index contributed by atoms with van der Waals surface area (Å²) in [5, 5.41) is 2.46. The van der Waals surface area contributed by atoms with Crippen molar-refractivity contribution in [1.82, 2.24) is 24.9 Å². The third kappa shape index (κ3) is 14.8. The first-order valence-corrected chi connectivity index (χ1v) is 42.0. The topological polar surface area (TPSA) is 285 Å². The van der Waals surface area contributed by atoms with Crippen molar-refractivity contribution in [2.45, 2.75) is 47.8 Å². The highest BCUT2D eigenvalue weighted by Crippen LogP contribution is 2.59. The molecule has 5 aromatic carbocycles. The average molecular weight is 1990 g/mol. The SMILES string of the molecule is NC1=NC2(CCS1)c1cc(Br)ccc1Oc1c2cc(Cl)nc1F.NC1=NC2(CCS1)c1cc(Br)ccc1Oc1c2cc(Cl)nc1F.NC1=N[C@@]2(CCS1)c1cc(Br)ccc1Oc1c2cc(Cl)nc1F.NC1=N[C@]2(CCS1)c1cc(Br)ccc1Oc1c2cc(Cl)nc1F.O=c1c2cc(Br)ccc2oc2c(F)nc(Cl)cc12. The van der Waals surface area contributed by atoms with Crippen molar-refractivity contribution in [3.63, 3.8) is 0 Å². The molecule has 0 radical (unpaired) electrons. The summed E-state index contributed by atoms with van der Waals surface area (Å²) >= 11 is 52.6. The second-order valence-electron chi connectivity index (χ2n) is 24.7. The molecule has 0 bridgehead atoms. The minimum absolute atomic E-state index is 0.0627. The smallest absolute Gasteiger partial charge is 0.258 e. The Balaban J connectivity index is 0.000000109. The molecule has 8 aliphatic rings. The Morgan fingerprint density at radius 1 is 0.345 bits per heavy atom. The predicted molar refractivity (Wildman–Crippen MR) is 442 cm³/mol. The van der Waals surface area contributed by atoms with Gasteiger partial charge in [-0.2, -0.15) is 22.0 Å². The van der Waals surface area contributed by atoms with Gasteiger partial charge in [0.05, 0.1) is 10.8 Å². The molecule has 110 heavy (non-hydrogen) atoms. The van der Waals surface area contributed by atoms with Gasteiger partial charge in [-0.15, -0.1) is 0 Å². The fourth-order valence-electron chi connectivity index (χ4n) is 13.8. The lowest BCUT2D eigenvalue weighted by atomic mass is 9.79. The fraction of sp³-hybridized carbons (Fsp3) is 0.167. The van der Waals surface area contributed by atoms with E-state index in [1.54, 1.807) is 66.7 Å². The number of ether oxygens (including phenoxy) is 4. The van der Waals surface area contributed by atoms with Crippen molar-refractivity contribution < 1.29 is 45.3 Å². The number of amidine groups is 4. The van der Waals surface area contributed by atoms with Crippen molar-refractivity contribution in [3.05, 3.63) is 254 Å². The van der Waals surface area contributed by atoms with Crippen LogP contribution in [0.4, 0.5) is 22.0 Å². The van der Waals surface area contributed by atoms with Crippen LogP contribution in [0.2, 0.25) is 25.8 Å². The molecule has 8 aliphatic heterocycles. The predicted octanol–water partition coefficient (Wildman–Crippen LogP) is 21.6. The normalized spacial score (nSPS) is 20.4. The van der Waals surface area contributed by atoms with Crippen LogP contribution >= 0.6 is 185 Å². The van der Waals surface area contributed by atoms with Gasteiger partial charge in [-0.3, -0.25) is 4.79 Å². The molecule has 14 heterocycles. The van der Waals surface area contributed by atoms with Crippen molar-refractivity contribution in [3.8, 4) is 46.0 Å². The Labute approximate surface area is 704 Å². The number of halogens is 15. The minimum Gasteiger partial charge on any atom is -0.452 e. The first kappa shape index (κ1) is 78.6. The van der Waals surface area contributed by atoms with Crippen LogP contribution in [0.3, 0.4) is 0 Å². The van der Waals surface area contributed by atoms with E-state index in [9.17, 15) is 26.7 Å². The van der Waals surface area contributed by atoms with E-state index in [0.29, 0.717) is 103 Å². The summed E-state index contributed by atoms with van der Waals surface area (Å²) in [4.78, 5) is 49.0. The number of fused-ring (bicyclic) bond motifs is 18. The monoisotopic (exact) mass is 1980 g/mol. The van der Waals surface area contributed by atoms with E-state index < -0.39 is 51.9 Å². The van der Waals surface area contributed by atoms with Crippen LogP contribution in [-0.4, -0.2) is 68.6 Å². The first-order valence-electron chi connectivity index (χ1n) is 32.2. The molecule has 2 unspecified atom stereocenters. The number of thioether (sulfide) groups is 4. The van der Waals surface area contributed by atoms with Gasteiger partial charge in [0.15, 0.2) is 49.3 Å². The summed E-state index contributed by atoms with van der Waals surface area (Å²) < 4.78 is 104. The van der Waals surface area contributed by atoms with Gasteiger partial charge in [0.25, 0.3) is 29.7 Å². The summed E-state index contributed by atoms with van der Waals surface area (Å²) in [6.45, 7) is 0. The third-order valence-electron chi connectivity index (χ3n) is 18.4. The lowest BCUT2D eigenvalue weighted by molar-refractivity contribution is 0.362.